The maximum atomic E-state index is 12.6. The molecular weight excluding hydrogens is 378 g/mol. The average molecular weight is 405 g/mol. The second-order valence-corrected chi connectivity index (χ2v) is 7.68. The number of amides is 1. The lowest BCUT2D eigenvalue weighted by Gasteiger charge is -2.21. The monoisotopic (exact) mass is 405 g/mol. The molecule has 1 amide bonds. The zero-order chi connectivity index (χ0) is 20.9. The molecule has 2 aromatic carbocycles. The number of oxazole rings is 1. The Kier molecular flexibility index (Phi) is 6.14. The second-order valence-electron chi connectivity index (χ2n) is 7.68. The minimum absolute atomic E-state index is 0.104. The van der Waals surface area contributed by atoms with Crippen molar-refractivity contribution in [3.8, 4) is 5.75 Å². The van der Waals surface area contributed by atoms with Crippen LogP contribution in [-0.2, 0) is 13.1 Å². The zero-order valence-corrected chi connectivity index (χ0v) is 17.4. The van der Waals surface area contributed by atoms with Gasteiger partial charge in [-0.3, -0.25) is 9.69 Å². The van der Waals surface area contributed by atoms with Crippen LogP contribution in [0.3, 0.4) is 0 Å². The van der Waals surface area contributed by atoms with E-state index in [-0.39, 0.29) is 11.9 Å². The summed E-state index contributed by atoms with van der Waals surface area (Å²) >= 11 is 0. The van der Waals surface area contributed by atoms with Gasteiger partial charge in [0.2, 0.25) is 5.89 Å². The van der Waals surface area contributed by atoms with E-state index >= 15 is 0 Å². The molecule has 0 spiro atoms. The number of hydrogen-bond acceptors (Lipinski definition) is 5. The molecule has 1 atom stereocenters. The van der Waals surface area contributed by atoms with E-state index in [1.807, 2.05) is 55.5 Å². The third kappa shape index (κ3) is 4.89. The van der Waals surface area contributed by atoms with E-state index in [4.69, 9.17) is 9.15 Å². The molecule has 0 aliphatic heterocycles. The summed E-state index contributed by atoms with van der Waals surface area (Å²) < 4.78 is 11.1. The van der Waals surface area contributed by atoms with Crippen molar-refractivity contribution in [3.05, 3.63) is 83.6 Å². The molecule has 1 heterocycles. The van der Waals surface area contributed by atoms with E-state index in [1.165, 1.54) is 6.26 Å². The molecule has 1 unspecified atom stereocenters. The Morgan fingerprint density at radius 3 is 2.63 bits per heavy atom. The first-order valence-corrected chi connectivity index (χ1v) is 10.3. The molecular formula is C24H27N3O3. The third-order valence-electron chi connectivity index (χ3n) is 5.40. The van der Waals surface area contributed by atoms with Crippen molar-refractivity contribution < 1.29 is 13.9 Å². The molecule has 1 aliphatic rings. The van der Waals surface area contributed by atoms with Crippen LogP contribution in [0.25, 0.3) is 0 Å². The lowest BCUT2D eigenvalue weighted by molar-refractivity contribution is 0.0934. The number of rotatable bonds is 9. The van der Waals surface area contributed by atoms with Gasteiger partial charge in [-0.1, -0.05) is 48.5 Å². The van der Waals surface area contributed by atoms with Crippen LogP contribution in [0, 0.1) is 0 Å². The summed E-state index contributed by atoms with van der Waals surface area (Å²) in [5.41, 5.74) is 2.49. The van der Waals surface area contributed by atoms with Crippen LogP contribution in [0.5, 0.6) is 5.75 Å². The number of methoxy groups -OCH3 is 1. The number of aromatic nitrogens is 1. The third-order valence-corrected chi connectivity index (χ3v) is 5.40. The van der Waals surface area contributed by atoms with Gasteiger partial charge < -0.3 is 14.5 Å². The molecule has 0 radical (unpaired) electrons. The van der Waals surface area contributed by atoms with E-state index in [9.17, 15) is 4.79 Å². The topological polar surface area (TPSA) is 67.6 Å². The van der Waals surface area contributed by atoms with Crippen LogP contribution in [0.4, 0.5) is 0 Å². The number of carbonyl (C=O) groups excluding carboxylic acids is 1. The summed E-state index contributed by atoms with van der Waals surface area (Å²) in [6, 6.07) is 18.3. The number of hydrogen-bond donors (Lipinski definition) is 1. The van der Waals surface area contributed by atoms with Crippen molar-refractivity contribution in [2.45, 2.75) is 44.9 Å². The first-order chi connectivity index (χ1) is 14.6. The maximum absolute atomic E-state index is 12.6. The first-order valence-electron chi connectivity index (χ1n) is 10.3. The Morgan fingerprint density at radius 2 is 1.90 bits per heavy atom. The molecule has 6 nitrogen and oxygen atoms in total. The van der Waals surface area contributed by atoms with Gasteiger partial charge in [0.15, 0.2) is 5.69 Å². The average Bonchev–Trinajstić information content (AvgIpc) is 3.52. The highest BCUT2D eigenvalue weighted by molar-refractivity contribution is 5.92. The highest BCUT2D eigenvalue weighted by Crippen LogP contribution is 2.31. The molecule has 0 saturated heterocycles. The molecule has 4 rings (SSSR count). The van der Waals surface area contributed by atoms with Gasteiger partial charge in [0, 0.05) is 18.2 Å². The Hall–Kier alpha value is -3.12. The highest BCUT2D eigenvalue weighted by atomic mass is 16.5. The fourth-order valence-electron chi connectivity index (χ4n) is 3.56. The summed E-state index contributed by atoms with van der Waals surface area (Å²) in [5, 5.41) is 2.98. The van der Waals surface area contributed by atoms with Crippen molar-refractivity contribution in [2.24, 2.45) is 0 Å². The van der Waals surface area contributed by atoms with E-state index in [0.29, 0.717) is 24.2 Å². The van der Waals surface area contributed by atoms with E-state index in [0.717, 1.165) is 36.3 Å². The van der Waals surface area contributed by atoms with Crippen LogP contribution in [-0.4, -0.2) is 28.9 Å². The summed E-state index contributed by atoms with van der Waals surface area (Å²) in [7, 11) is 1.69. The highest BCUT2D eigenvalue weighted by Gasteiger charge is 2.31. The summed E-state index contributed by atoms with van der Waals surface area (Å²) in [6.07, 6.45) is 3.77. The van der Waals surface area contributed by atoms with Gasteiger partial charge in [0.1, 0.15) is 12.0 Å². The number of ether oxygens (including phenoxy) is 1. The number of benzene rings is 2. The van der Waals surface area contributed by atoms with Gasteiger partial charge >= 0.3 is 0 Å². The van der Waals surface area contributed by atoms with Gasteiger partial charge in [-0.2, -0.15) is 0 Å². The van der Waals surface area contributed by atoms with Crippen LogP contribution >= 0.6 is 0 Å². The smallest absolute Gasteiger partial charge is 0.273 e. The van der Waals surface area contributed by atoms with Gasteiger partial charge in [-0.25, -0.2) is 4.98 Å². The lowest BCUT2D eigenvalue weighted by Crippen LogP contribution is -2.27. The molecule has 3 aromatic rings. The van der Waals surface area contributed by atoms with Crippen molar-refractivity contribution in [2.75, 3.05) is 7.11 Å². The summed E-state index contributed by atoms with van der Waals surface area (Å²) in [4.78, 5) is 19.4. The molecule has 1 aromatic heterocycles. The van der Waals surface area contributed by atoms with Crippen molar-refractivity contribution in [1.82, 2.24) is 15.2 Å². The lowest BCUT2D eigenvalue weighted by atomic mass is 10.1. The molecule has 1 fully saturated rings. The Morgan fingerprint density at radius 1 is 1.17 bits per heavy atom. The number of nitrogens with zero attached hydrogens (tertiary/aromatic N) is 2. The van der Waals surface area contributed by atoms with Gasteiger partial charge in [0.25, 0.3) is 5.91 Å². The van der Waals surface area contributed by atoms with Gasteiger partial charge in [-0.05, 0) is 31.4 Å². The molecule has 30 heavy (non-hydrogen) atoms. The van der Waals surface area contributed by atoms with Gasteiger partial charge in [-0.15, -0.1) is 0 Å². The molecule has 6 heteroatoms. The number of carbonyl (C=O) groups is 1. The predicted octanol–water partition coefficient (Wildman–Crippen LogP) is 4.34. The van der Waals surface area contributed by atoms with Crippen LogP contribution in [0.2, 0.25) is 0 Å². The Balaban J connectivity index is 1.40. The van der Waals surface area contributed by atoms with Crippen LogP contribution < -0.4 is 10.1 Å². The SMILES string of the molecule is COc1ccccc1CN(Cc1nc(C(=O)NC(C)c2ccccc2)co1)C1CC1. The van der Waals surface area contributed by atoms with Crippen molar-refractivity contribution >= 4 is 5.91 Å². The molecule has 0 bridgehead atoms. The van der Waals surface area contributed by atoms with Crippen molar-refractivity contribution in [1.29, 1.82) is 0 Å². The van der Waals surface area contributed by atoms with E-state index < -0.39 is 0 Å². The maximum Gasteiger partial charge on any atom is 0.273 e. The number of para-hydroxylation sites is 1. The molecule has 1 N–H and O–H groups in total. The van der Waals surface area contributed by atoms with Gasteiger partial charge in [0.05, 0.1) is 19.7 Å². The normalized spacial score (nSPS) is 14.5. The van der Waals surface area contributed by atoms with Crippen LogP contribution in [0.15, 0.2) is 65.3 Å². The molecule has 156 valence electrons. The van der Waals surface area contributed by atoms with E-state index in [1.54, 1.807) is 7.11 Å². The second kappa shape index (κ2) is 9.13. The van der Waals surface area contributed by atoms with Crippen molar-refractivity contribution in [3.63, 3.8) is 0 Å². The number of nitrogens with one attached hydrogen (secondary N) is 1. The Labute approximate surface area is 176 Å². The standard InChI is InChI=1S/C24H27N3O3/c1-17(18-8-4-3-5-9-18)25-24(28)21-16-30-23(26-21)15-27(20-12-13-20)14-19-10-6-7-11-22(19)29-2/h3-11,16-17,20H,12-15H2,1-2H3,(H,25,28). The Bertz CT molecular complexity index is 982. The minimum atomic E-state index is -0.232. The van der Waals surface area contributed by atoms with Crippen LogP contribution in [0.1, 0.15) is 53.3 Å². The summed E-state index contributed by atoms with van der Waals surface area (Å²) in [5.74, 6) is 1.20. The van der Waals surface area contributed by atoms with E-state index in [2.05, 4.69) is 21.3 Å². The molecule has 1 aliphatic carbocycles. The molecule has 1 saturated carbocycles. The fraction of sp³-hybridized carbons (Fsp3) is 0.333. The quantitative estimate of drug-likeness (QED) is 0.574. The first kappa shape index (κ1) is 20.2. The predicted molar refractivity (Wildman–Crippen MR) is 114 cm³/mol. The summed E-state index contributed by atoms with van der Waals surface area (Å²) in [6.45, 7) is 3.27. The minimum Gasteiger partial charge on any atom is -0.496 e. The zero-order valence-electron chi connectivity index (χ0n) is 17.4. The largest absolute Gasteiger partial charge is 0.496 e. The fourth-order valence-corrected chi connectivity index (χ4v) is 3.56.